The predicted octanol–water partition coefficient (Wildman–Crippen LogP) is 7.64. The van der Waals surface area contributed by atoms with Gasteiger partial charge in [0, 0.05) is 55.0 Å². The molecule has 8 aromatic carbocycles. The van der Waals surface area contributed by atoms with E-state index in [2.05, 4.69) is 154 Å². The minimum Gasteiger partial charge on any atom is -0.455 e. The second-order valence-corrected chi connectivity index (χ2v) is 15.9. The van der Waals surface area contributed by atoms with Gasteiger partial charge in [0.1, 0.15) is 11.2 Å². The van der Waals surface area contributed by atoms with Gasteiger partial charge in [0.15, 0.2) is 11.5 Å². The molecule has 55 heavy (non-hydrogen) atoms. The van der Waals surface area contributed by atoms with Crippen LogP contribution in [-0.2, 0) is 0 Å². The zero-order valence-corrected chi connectivity index (χ0v) is 29.1. The highest BCUT2D eigenvalue weighted by Gasteiger charge is 2.51. The van der Waals surface area contributed by atoms with E-state index in [1.54, 1.807) is 0 Å². The van der Waals surface area contributed by atoms with E-state index in [4.69, 9.17) is 9.15 Å². The standard InChI is InChI=1S/C48H23B2N3O2/c1-3-17-33-24(10-1)26-12-7-14-29-43(26)51(33)35-23-36-42-47-41(35)49(29)30-15-8-13-27-40-46(53(47)44(27)30)32(22-28-25-11-2-5-19-37(25)55-48(28)40)50(42)31-16-9-21-39-45(31)52(36)34-18-4-6-20-38(34)54-39/h1-23H. The summed E-state index contributed by atoms with van der Waals surface area (Å²) in [7, 11) is 0. The van der Waals surface area contributed by atoms with Crippen LogP contribution in [0, 0.1) is 0 Å². The molecule has 16 rings (SSSR count). The Kier molecular flexibility index (Phi) is 4.11. The van der Waals surface area contributed by atoms with E-state index in [0.717, 1.165) is 39.4 Å². The maximum absolute atomic E-state index is 6.91. The second-order valence-electron chi connectivity index (χ2n) is 15.9. The third-order valence-corrected chi connectivity index (χ3v) is 13.6. The molecular formula is C48H23B2N3O2. The molecule has 0 spiro atoms. The lowest BCUT2D eigenvalue weighted by Gasteiger charge is -2.46. The van der Waals surface area contributed by atoms with Gasteiger partial charge in [-0.15, -0.1) is 0 Å². The number of hydrogen-bond donors (Lipinski definition) is 0. The molecule has 7 heteroatoms. The molecule has 0 atom stereocenters. The van der Waals surface area contributed by atoms with Crippen LogP contribution >= 0.6 is 0 Å². The zero-order chi connectivity index (χ0) is 35.0. The summed E-state index contributed by atoms with van der Waals surface area (Å²) >= 11 is 0. The first kappa shape index (κ1) is 26.6. The van der Waals surface area contributed by atoms with Crippen LogP contribution in [0.4, 0.5) is 17.1 Å². The molecule has 248 valence electrons. The van der Waals surface area contributed by atoms with Crippen LogP contribution in [0.3, 0.4) is 0 Å². The summed E-state index contributed by atoms with van der Waals surface area (Å²) in [4.78, 5) is 2.51. The van der Waals surface area contributed by atoms with Gasteiger partial charge in [-0.1, -0.05) is 103 Å². The van der Waals surface area contributed by atoms with Crippen molar-refractivity contribution in [2.75, 3.05) is 4.90 Å². The van der Waals surface area contributed by atoms with Crippen LogP contribution in [0.5, 0.6) is 11.5 Å². The zero-order valence-electron chi connectivity index (χ0n) is 29.1. The number of rotatable bonds is 0. The molecule has 11 aromatic rings. The number of aromatic nitrogens is 2. The third-order valence-electron chi connectivity index (χ3n) is 13.6. The molecule has 0 aliphatic carbocycles. The van der Waals surface area contributed by atoms with Crippen LogP contribution in [0.2, 0.25) is 0 Å². The SMILES string of the molecule is c1ccc2c(c1)Oc1cccc3c1N2c1cc2c4c5c1B3c1cc3c6ccccc6oc3c3c6cccc(c6n-5c13)B4c1cccc3c4ccccc4n-2c13. The number of para-hydroxylation sites is 7. The van der Waals surface area contributed by atoms with Gasteiger partial charge in [0.05, 0.1) is 27.8 Å². The van der Waals surface area contributed by atoms with E-state index in [9.17, 15) is 0 Å². The summed E-state index contributed by atoms with van der Waals surface area (Å²) in [5, 5.41) is 7.38. The molecule has 8 heterocycles. The van der Waals surface area contributed by atoms with Crippen LogP contribution in [0.1, 0.15) is 0 Å². The van der Waals surface area contributed by atoms with Gasteiger partial charge in [-0.3, -0.25) is 0 Å². The number of nitrogens with zero attached hydrogens (tertiary/aromatic N) is 3. The van der Waals surface area contributed by atoms with Crippen molar-refractivity contribution in [3.8, 4) is 22.9 Å². The van der Waals surface area contributed by atoms with E-state index in [1.807, 2.05) is 0 Å². The lowest BCUT2D eigenvalue weighted by molar-refractivity contribution is 0.477. The smallest absolute Gasteiger partial charge is 0.252 e. The average molecular weight is 695 g/mol. The predicted molar refractivity (Wildman–Crippen MR) is 226 cm³/mol. The van der Waals surface area contributed by atoms with Crippen molar-refractivity contribution in [2.45, 2.75) is 0 Å². The summed E-state index contributed by atoms with van der Waals surface area (Å²) < 4.78 is 18.9. The van der Waals surface area contributed by atoms with Gasteiger partial charge < -0.3 is 23.2 Å². The molecule has 5 aliphatic rings. The number of ether oxygens (including phenoxy) is 1. The summed E-state index contributed by atoms with van der Waals surface area (Å²) in [5.74, 6) is 1.77. The van der Waals surface area contributed by atoms with Gasteiger partial charge in [0.2, 0.25) is 0 Å². The summed E-state index contributed by atoms with van der Waals surface area (Å²) in [5.41, 5.74) is 21.1. The highest BCUT2D eigenvalue weighted by molar-refractivity contribution is 7.04. The van der Waals surface area contributed by atoms with Crippen LogP contribution in [0.25, 0.3) is 76.9 Å². The lowest BCUT2D eigenvalue weighted by Crippen LogP contribution is -2.67. The Morgan fingerprint density at radius 3 is 2.05 bits per heavy atom. The molecule has 0 saturated carbocycles. The molecular weight excluding hydrogens is 672 g/mol. The van der Waals surface area contributed by atoms with Crippen molar-refractivity contribution in [2.24, 2.45) is 0 Å². The fourth-order valence-corrected chi connectivity index (χ4v) is 11.8. The van der Waals surface area contributed by atoms with Crippen molar-refractivity contribution in [3.63, 3.8) is 0 Å². The number of hydrogen-bond acceptors (Lipinski definition) is 3. The van der Waals surface area contributed by atoms with E-state index in [1.165, 1.54) is 98.8 Å². The molecule has 5 aliphatic heterocycles. The maximum Gasteiger partial charge on any atom is 0.252 e. The van der Waals surface area contributed by atoms with Crippen molar-refractivity contribution < 1.29 is 9.15 Å². The van der Waals surface area contributed by atoms with Gasteiger partial charge in [-0.25, -0.2) is 0 Å². The van der Waals surface area contributed by atoms with Gasteiger partial charge in [-0.05, 0) is 69.2 Å². The average Bonchev–Trinajstić information content (AvgIpc) is 3.90. The maximum atomic E-state index is 6.91. The first-order chi connectivity index (χ1) is 27.3. The Balaban J connectivity index is 1.21. The van der Waals surface area contributed by atoms with E-state index in [-0.39, 0.29) is 13.4 Å². The Bertz CT molecular complexity index is 3740. The summed E-state index contributed by atoms with van der Waals surface area (Å²) in [6, 6.07) is 51.6. The van der Waals surface area contributed by atoms with E-state index < -0.39 is 0 Å². The Morgan fingerprint density at radius 1 is 0.436 bits per heavy atom. The Hall–Kier alpha value is -7.11. The van der Waals surface area contributed by atoms with E-state index >= 15 is 0 Å². The minimum absolute atomic E-state index is 0.0199. The lowest BCUT2D eigenvalue weighted by atomic mass is 9.29. The van der Waals surface area contributed by atoms with Crippen LogP contribution < -0.4 is 42.4 Å². The van der Waals surface area contributed by atoms with Crippen molar-refractivity contribution in [3.05, 3.63) is 140 Å². The summed E-state index contributed by atoms with van der Waals surface area (Å²) in [6.45, 7) is 0.0444. The number of benzene rings is 8. The fraction of sp³-hybridized carbons (Fsp3) is 0. The molecule has 0 N–H and O–H groups in total. The summed E-state index contributed by atoms with van der Waals surface area (Å²) in [6.07, 6.45) is 0. The molecule has 0 radical (unpaired) electrons. The normalized spacial score (nSPS) is 14.6. The molecule has 0 saturated heterocycles. The van der Waals surface area contributed by atoms with Crippen LogP contribution in [-0.4, -0.2) is 22.6 Å². The number of furan rings is 1. The molecule has 0 bridgehead atoms. The fourth-order valence-electron chi connectivity index (χ4n) is 11.8. The number of fused-ring (bicyclic) bond motifs is 16. The topological polar surface area (TPSA) is 35.5 Å². The van der Waals surface area contributed by atoms with Gasteiger partial charge in [0.25, 0.3) is 13.4 Å². The van der Waals surface area contributed by atoms with Crippen molar-refractivity contribution >= 4 is 129 Å². The van der Waals surface area contributed by atoms with Gasteiger partial charge >= 0.3 is 0 Å². The molecule has 0 fully saturated rings. The van der Waals surface area contributed by atoms with Crippen molar-refractivity contribution in [1.82, 2.24) is 9.13 Å². The highest BCUT2D eigenvalue weighted by atomic mass is 16.5. The largest absolute Gasteiger partial charge is 0.455 e. The third kappa shape index (κ3) is 2.68. The number of anilines is 3. The first-order valence-corrected chi connectivity index (χ1v) is 19.2. The van der Waals surface area contributed by atoms with E-state index in [0.29, 0.717) is 0 Å². The Labute approximate surface area is 313 Å². The van der Waals surface area contributed by atoms with Crippen molar-refractivity contribution in [1.29, 1.82) is 0 Å². The Morgan fingerprint density at radius 2 is 1.13 bits per heavy atom. The molecule has 0 unspecified atom stereocenters. The highest BCUT2D eigenvalue weighted by Crippen LogP contribution is 2.53. The van der Waals surface area contributed by atoms with Crippen LogP contribution in [0.15, 0.2) is 144 Å². The monoisotopic (exact) mass is 695 g/mol. The quantitative estimate of drug-likeness (QED) is 0.153. The minimum atomic E-state index is -0.0199. The molecule has 0 amide bonds. The van der Waals surface area contributed by atoms with Gasteiger partial charge in [-0.2, -0.15) is 0 Å². The molecule has 5 nitrogen and oxygen atoms in total. The molecule has 3 aromatic heterocycles. The first-order valence-electron chi connectivity index (χ1n) is 19.2. The second kappa shape index (κ2) is 8.48.